The molecule has 0 saturated carbocycles. The fraction of sp³-hybridized carbons (Fsp3) is 0.529. The average molecular weight is 320 g/mol. The van der Waals surface area contributed by atoms with E-state index in [9.17, 15) is 4.79 Å². The molecule has 0 fully saturated rings. The summed E-state index contributed by atoms with van der Waals surface area (Å²) in [6, 6.07) is 7.78. The van der Waals surface area contributed by atoms with Crippen molar-refractivity contribution in [2.45, 2.75) is 20.4 Å². The zero-order valence-electron chi connectivity index (χ0n) is 14.7. The van der Waals surface area contributed by atoms with Crippen LogP contribution in [0.3, 0.4) is 0 Å². The molecule has 0 heterocycles. The second-order valence-corrected chi connectivity index (χ2v) is 5.89. The molecule has 0 unspecified atom stereocenters. The van der Waals surface area contributed by atoms with Crippen LogP contribution in [0.2, 0.25) is 0 Å². The maximum Gasteiger partial charge on any atom is 0.241 e. The molecule has 0 atom stereocenters. The number of amides is 1. The lowest BCUT2D eigenvalue weighted by molar-refractivity contribution is -0.127. The topological polar surface area (TPSA) is 66.0 Å². The zero-order chi connectivity index (χ0) is 17.2. The van der Waals surface area contributed by atoms with Gasteiger partial charge in [0, 0.05) is 26.2 Å². The summed E-state index contributed by atoms with van der Waals surface area (Å²) in [5, 5.41) is 6.32. The summed E-state index contributed by atoms with van der Waals surface area (Å²) in [6.45, 7) is 5.72. The lowest BCUT2D eigenvalue weighted by Gasteiger charge is -2.16. The van der Waals surface area contributed by atoms with Crippen LogP contribution in [-0.4, -0.2) is 51.1 Å². The number of carbonyl (C=O) groups is 1. The lowest BCUT2D eigenvalue weighted by atomic mass is 10.2. The fourth-order valence-electron chi connectivity index (χ4n) is 1.79. The standard InChI is InChI=1S/C17H28N4O2/c1-13(2)10-18-17(20-12-16(22)21(3)4)19-11-14-8-6-7-9-15(14)23-5/h6-9,13H,10-12H2,1-5H3,(H2,18,19,20). The molecule has 0 aliphatic rings. The van der Waals surface area contributed by atoms with Gasteiger partial charge in [0.2, 0.25) is 5.91 Å². The number of aliphatic imine (C=N–C) groups is 1. The third-order valence-electron chi connectivity index (χ3n) is 3.18. The van der Waals surface area contributed by atoms with Crippen LogP contribution < -0.4 is 15.4 Å². The van der Waals surface area contributed by atoms with E-state index in [1.165, 1.54) is 0 Å². The van der Waals surface area contributed by atoms with Gasteiger partial charge in [-0.2, -0.15) is 0 Å². The van der Waals surface area contributed by atoms with Gasteiger partial charge in [0.15, 0.2) is 5.96 Å². The molecule has 6 heteroatoms. The number of nitrogens with zero attached hydrogens (tertiary/aromatic N) is 2. The van der Waals surface area contributed by atoms with Gasteiger partial charge in [-0.3, -0.25) is 4.79 Å². The Labute approximate surface area is 138 Å². The molecule has 1 aromatic rings. The number of hydrogen-bond donors (Lipinski definition) is 2. The molecular formula is C17H28N4O2. The molecule has 0 radical (unpaired) electrons. The van der Waals surface area contributed by atoms with Gasteiger partial charge in [0.25, 0.3) is 0 Å². The predicted molar refractivity (Wildman–Crippen MR) is 93.7 cm³/mol. The summed E-state index contributed by atoms with van der Waals surface area (Å²) in [7, 11) is 5.11. The molecule has 0 spiro atoms. The summed E-state index contributed by atoms with van der Waals surface area (Å²) < 4.78 is 5.33. The van der Waals surface area contributed by atoms with E-state index in [2.05, 4.69) is 29.5 Å². The molecule has 6 nitrogen and oxygen atoms in total. The van der Waals surface area contributed by atoms with E-state index in [1.807, 2.05) is 24.3 Å². The average Bonchev–Trinajstić information content (AvgIpc) is 2.53. The number of guanidine groups is 1. The van der Waals surface area contributed by atoms with Gasteiger partial charge in [0.1, 0.15) is 5.75 Å². The van der Waals surface area contributed by atoms with Crippen molar-refractivity contribution in [3.63, 3.8) is 0 Å². The smallest absolute Gasteiger partial charge is 0.241 e. The highest BCUT2D eigenvalue weighted by Crippen LogP contribution is 2.17. The Morgan fingerprint density at radius 2 is 1.96 bits per heavy atom. The van der Waals surface area contributed by atoms with Crippen LogP contribution in [0.4, 0.5) is 0 Å². The molecule has 128 valence electrons. The fourth-order valence-corrected chi connectivity index (χ4v) is 1.79. The van der Waals surface area contributed by atoms with Crippen molar-refractivity contribution in [1.29, 1.82) is 0 Å². The van der Waals surface area contributed by atoms with Crippen LogP contribution in [0, 0.1) is 5.92 Å². The van der Waals surface area contributed by atoms with Crippen molar-refractivity contribution < 1.29 is 9.53 Å². The number of methoxy groups -OCH3 is 1. The van der Waals surface area contributed by atoms with Gasteiger partial charge < -0.3 is 20.3 Å². The van der Waals surface area contributed by atoms with Crippen molar-refractivity contribution >= 4 is 11.9 Å². The van der Waals surface area contributed by atoms with Crippen LogP contribution in [-0.2, 0) is 11.3 Å². The number of hydrogen-bond acceptors (Lipinski definition) is 3. The summed E-state index contributed by atoms with van der Waals surface area (Å²) >= 11 is 0. The summed E-state index contributed by atoms with van der Waals surface area (Å²) in [4.78, 5) is 17.8. The number of benzene rings is 1. The molecule has 2 N–H and O–H groups in total. The minimum Gasteiger partial charge on any atom is -0.496 e. The first-order valence-electron chi connectivity index (χ1n) is 7.78. The van der Waals surface area contributed by atoms with E-state index >= 15 is 0 Å². The molecule has 1 aromatic carbocycles. The summed E-state index contributed by atoms with van der Waals surface area (Å²) in [5.41, 5.74) is 1.000. The first-order valence-corrected chi connectivity index (χ1v) is 7.78. The zero-order valence-corrected chi connectivity index (χ0v) is 14.7. The molecule has 0 bridgehead atoms. The Hall–Kier alpha value is -2.24. The number of para-hydroxylation sites is 1. The third-order valence-corrected chi connectivity index (χ3v) is 3.18. The number of nitrogens with one attached hydrogen (secondary N) is 2. The quantitative estimate of drug-likeness (QED) is 0.590. The maximum atomic E-state index is 11.7. The predicted octanol–water partition coefficient (Wildman–Crippen LogP) is 1.47. The molecule has 0 aliphatic heterocycles. The number of carbonyl (C=O) groups excluding carboxylic acids is 1. The molecule has 1 amide bonds. The highest BCUT2D eigenvalue weighted by Gasteiger charge is 2.07. The van der Waals surface area contributed by atoms with Crippen molar-refractivity contribution in [2.24, 2.45) is 10.9 Å². The van der Waals surface area contributed by atoms with Crippen molar-refractivity contribution in [3.8, 4) is 5.75 Å². The first kappa shape index (κ1) is 18.8. The van der Waals surface area contributed by atoms with Crippen LogP contribution in [0.25, 0.3) is 0 Å². The van der Waals surface area contributed by atoms with Gasteiger partial charge in [-0.25, -0.2) is 4.99 Å². The highest BCUT2D eigenvalue weighted by atomic mass is 16.5. The molecule has 0 saturated heterocycles. The SMILES string of the molecule is COc1ccccc1CN=C(NCC(=O)N(C)C)NCC(C)C. The lowest BCUT2D eigenvalue weighted by Crippen LogP contribution is -2.44. The molecule has 23 heavy (non-hydrogen) atoms. The largest absolute Gasteiger partial charge is 0.496 e. The van der Waals surface area contributed by atoms with E-state index < -0.39 is 0 Å². The Morgan fingerprint density at radius 1 is 1.26 bits per heavy atom. The molecular weight excluding hydrogens is 292 g/mol. The Kier molecular flexibility index (Phi) is 7.94. The van der Waals surface area contributed by atoms with E-state index in [1.54, 1.807) is 26.1 Å². The minimum atomic E-state index is 0.00124. The molecule has 1 rings (SSSR count). The van der Waals surface area contributed by atoms with Crippen LogP contribution >= 0.6 is 0 Å². The number of likely N-dealkylation sites (N-methyl/N-ethyl adjacent to an activating group) is 1. The second-order valence-electron chi connectivity index (χ2n) is 5.89. The van der Waals surface area contributed by atoms with Crippen LogP contribution in [0.15, 0.2) is 29.3 Å². The van der Waals surface area contributed by atoms with E-state index in [4.69, 9.17) is 4.74 Å². The van der Waals surface area contributed by atoms with Gasteiger partial charge in [-0.1, -0.05) is 32.0 Å². The monoisotopic (exact) mass is 320 g/mol. The van der Waals surface area contributed by atoms with Gasteiger partial charge >= 0.3 is 0 Å². The van der Waals surface area contributed by atoms with Gasteiger partial charge in [0.05, 0.1) is 20.2 Å². The third kappa shape index (κ3) is 7.04. The summed E-state index contributed by atoms with van der Waals surface area (Å²) in [5.74, 6) is 1.92. The maximum absolute atomic E-state index is 11.7. The Morgan fingerprint density at radius 3 is 2.57 bits per heavy atom. The number of ether oxygens (including phenoxy) is 1. The van der Waals surface area contributed by atoms with E-state index in [-0.39, 0.29) is 12.5 Å². The van der Waals surface area contributed by atoms with E-state index in [0.29, 0.717) is 18.4 Å². The highest BCUT2D eigenvalue weighted by molar-refractivity contribution is 5.86. The summed E-state index contributed by atoms with van der Waals surface area (Å²) in [6.07, 6.45) is 0. The number of rotatable bonds is 7. The second kappa shape index (κ2) is 9.71. The molecule has 0 aliphatic carbocycles. The van der Waals surface area contributed by atoms with Gasteiger partial charge in [-0.05, 0) is 12.0 Å². The van der Waals surface area contributed by atoms with Crippen molar-refractivity contribution in [3.05, 3.63) is 29.8 Å². The normalized spacial score (nSPS) is 11.3. The van der Waals surface area contributed by atoms with Crippen molar-refractivity contribution in [2.75, 3.05) is 34.3 Å². The van der Waals surface area contributed by atoms with E-state index in [0.717, 1.165) is 17.9 Å². The molecule has 0 aromatic heterocycles. The Bertz CT molecular complexity index is 527. The van der Waals surface area contributed by atoms with Gasteiger partial charge in [-0.15, -0.1) is 0 Å². The minimum absolute atomic E-state index is 0.00124. The first-order chi connectivity index (χ1) is 10.9. The van der Waals surface area contributed by atoms with Crippen molar-refractivity contribution in [1.82, 2.24) is 15.5 Å². The van der Waals surface area contributed by atoms with Crippen LogP contribution in [0.1, 0.15) is 19.4 Å². The van der Waals surface area contributed by atoms with Crippen LogP contribution in [0.5, 0.6) is 5.75 Å². The Balaban J connectivity index is 2.75.